The number of carbonyl (C=O) groups is 1. The van der Waals surface area contributed by atoms with Gasteiger partial charge >= 0.3 is 0 Å². The van der Waals surface area contributed by atoms with E-state index in [9.17, 15) is 4.79 Å². The first kappa shape index (κ1) is 14.8. The highest BCUT2D eigenvalue weighted by atomic mass is 35.5. The van der Waals surface area contributed by atoms with Crippen LogP contribution in [-0.2, 0) is 0 Å². The van der Waals surface area contributed by atoms with Gasteiger partial charge in [0, 0.05) is 18.8 Å². The zero-order valence-electron chi connectivity index (χ0n) is 10.3. The van der Waals surface area contributed by atoms with Gasteiger partial charge in [0.2, 0.25) is 0 Å². The van der Waals surface area contributed by atoms with Gasteiger partial charge in [-0.15, -0.1) is 0 Å². The lowest BCUT2D eigenvalue weighted by molar-refractivity contribution is 0.0953. The van der Waals surface area contributed by atoms with Crippen LogP contribution in [0.25, 0.3) is 0 Å². The Hall–Kier alpha value is -1.26. The van der Waals surface area contributed by atoms with Crippen LogP contribution < -0.4 is 11.1 Å². The van der Waals surface area contributed by atoms with E-state index in [4.69, 9.17) is 22.4 Å². The minimum Gasteiger partial charge on any atom is -0.399 e. The van der Waals surface area contributed by atoms with E-state index in [1.54, 1.807) is 18.2 Å². The van der Waals surface area contributed by atoms with Crippen molar-refractivity contribution in [1.82, 2.24) is 5.32 Å². The zero-order chi connectivity index (χ0) is 13.4. The van der Waals surface area contributed by atoms with Crippen LogP contribution >= 0.6 is 11.6 Å². The molecule has 0 aromatic heterocycles. The van der Waals surface area contributed by atoms with Gasteiger partial charge in [0.15, 0.2) is 0 Å². The van der Waals surface area contributed by atoms with Crippen LogP contribution in [0.4, 0.5) is 5.69 Å². The van der Waals surface area contributed by atoms with Crippen molar-refractivity contribution in [2.45, 2.75) is 25.7 Å². The summed E-state index contributed by atoms with van der Waals surface area (Å²) in [4.78, 5) is 11.8. The van der Waals surface area contributed by atoms with Crippen LogP contribution in [0.3, 0.4) is 0 Å². The molecular formula is C13H19ClN2O2. The number of halogens is 1. The van der Waals surface area contributed by atoms with E-state index in [1.807, 2.05) is 0 Å². The third-order valence-electron chi connectivity index (χ3n) is 2.61. The van der Waals surface area contributed by atoms with Gasteiger partial charge in [-0.1, -0.05) is 24.4 Å². The second kappa shape index (κ2) is 7.95. The van der Waals surface area contributed by atoms with E-state index in [-0.39, 0.29) is 12.5 Å². The number of unbranched alkanes of at least 4 members (excludes halogenated alkanes) is 3. The molecule has 4 nitrogen and oxygen atoms in total. The molecule has 18 heavy (non-hydrogen) atoms. The van der Waals surface area contributed by atoms with Crippen LogP contribution in [-0.4, -0.2) is 24.2 Å². The van der Waals surface area contributed by atoms with Crippen molar-refractivity contribution in [3.63, 3.8) is 0 Å². The van der Waals surface area contributed by atoms with Crippen molar-refractivity contribution in [3.8, 4) is 0 Å². The fourth-order valence-corrected chi connectivity index (χ4v) is 1.81. The number of rotatable bonds is 7. The van der Waals surface area contributed by atoms with Crippen LogP contribution in [0.2, 0.25) is 5.02 Å². The average molecular weight is 271 g/mol. The number of amides is 1. The molecule has 1 aromatic rings. The molecule has 0 spiro atoms. The van der Waals surface area contributed by atoms with E-state index in [0.29, 0.717) is 22.8 Å². The number of hydrogen-bond donors (Lipinski definition) is 3. The monoisotopic (exact) mass is 270 g/mol. The van der Waals surface area contributed by atoms with Crippen molar-refractivity contribution < 1.29 is 9.90 Å². The van der Waals surface area contributed by atoms with Crippen molar-refractivity contribution in [1.29, 1.82) is 0 Å². The number of nitrogen functional groups attached to an aromatic ring is 1. The van der Waals surface area contributed by atoms with Crippen LogP contribution in [0.15, 0.2) is 18.2 Å². The Morgan fingerprint density at radius 3 is 2.72 bits per heavy atom. The summed E-state index contributed by atoms with van der Waals surface area (Å²) in [6.45, 7) is 0.834. The molecule has 1 rings (SSSR count). The molecule has 0 aliphatic rings. The average Bonchev–Trinajstić information content (AvgIpc) is 2.36. The molecule has 0 aliphatic carbocycles. The number of nitrogens with one attached hydrogen (secondary N) is 1. The van der Waals surface area contributed by atoms with Crippen molar-refractivity contribution in [3.05, 3.63) is 28.8 Å². The highest BCUT2D eigenvalue weighted by molar-refractivity contribution is 6.34. The lowest BCUT2D eigenvalue weighted by Gasteiger charge is -2.07. The van der Waals surface area contributed by atoms with Crippen LogP contribution in [0.5, 0.6) is 0 Å². The number of anilines is 1. The molecule has 100 valence electrons. The molecule has 5 heteroatoms. The first-order chi connectivity index (χ1) is 8.65. The van der Waals surface area contributed by atoms with E-state index >= 15 is 0 Å². The third kappa shape index (κ3) is 4.94. The van der Waals surface area contributed by atoms with Gasteiger partial charge in [-0.3, -0.25) is 4.79 Å². The number of aliphatic hydroxyl groups is 1. The standard InChI is InChI=1S/C13H19ClN2O2/c14-12-6-5-10(15)9-11(12)13(18)16-7-3-1-2-4-8-17/h5-6,9,17H,1-4,7-8,15H2,(H,16,18). The second-order valence-corrected chi connectivity index (χ2v) is 4.54. The highest BCUT2D eigenvalue weighted by Gasteiger charge is 2.09. The molecule has 0 saturated carbocycles. The molecule has 0 atom stereocenters. The van der Waals surface area contributed by atoms with E-state index < -0.39 is 0 Å². The molecule has 0 radical (unpaired) electrons. The molecule has 4 N–H and O–H groups in total. The number of hydrogen-bond acceptors (Lipinski definition) is 3. The number of benzene rings is 1. The first-order valence-electron chi connectivity index (χ1n) is 6.09. The number of aliphatic hydroxyl groups excluding tert-OH is 1. The molecule has 0 heterocycles. The summed E-state index contributed by atoms with van der Waals surface area (Å²) in [5.74, 6) is -0.200. The summed E-state index contributed by atoms with van der Waals surface area (Å²) in [6.07, 6.45) is 3.68. The lowest BCUT2D eigenvalue weighted by atomic mass is 10.1. The van der Waals surface area contributed by atoms with Crippen LogP contribution in [0, 0.1) is 0 Å². The Kier molecular flexibility index (Phi) is 6.54. The molecule has 0 fully saturated rings. The summed E-state index contributed by atoms with van der Waals surface area (Å²) in [5, 5.41) is 11.8. The first-order valence-corrected chi connectivity index (χ1v) is 6.47. The summed E-state index contributed by atoms with van der Waals surface area (Å²) >= 11 is 5.93. The predicted octanol–water partition coefficient (Wildman–Crippen LogP) is 2.20. The van der Waals surface area contributed by atoms with Gasteiger partial charge in [0.05, 0.1) is 10.6 Å². The highest BCUT2D eigenvalue weighted by Crippen LogP contribution is 2.18. The smallest absolute Gasteiger partial charge is 0.252 e. The maximum Gasteiger partial charge on any atom is 0.252 e. The molecule has 0 bridgehead atoms. The van der Waals surface area contributed by atoms with Crippen molar-refractivity contribution in [2.24, 2.45) is 0 Å². The maximum atomic E-state index is 11.8. The Morgan fingerprint density at radius 2 is 2.00 bits per heavy atom. The van der Waals surface area contributed by atoms with Gasteiger partial charge in [0.1, 0.15) is 0 Å². The second-order valence-electron chi connectivity index (χ2n) is 4.13. The van der Waals surface area contributed by atoms with E-state index in [2.05, 4.69) is 5.32 Å². The zero-order valence-corrected chi connectivity index (χ0v) is 11.0. The van der Waals surface area contributed by atoms with Gasteiger partial charge < -0.3 is 16.2 Å². The number of carbonyl (C=O) groups excluding carboxylic acids is 1. The van der Waals surface area contributed by atoms with Crippen molar-refractivity contribution >= 4 is 23.2 Å². The Balaban J connectivity index is 2.34. The fraction of sp³-hybridized carbons (Fsp3) is 0.462. The number of nitrogens with two attached hydrogens (primary N) is 1. The Morgan fingerprint density at radius 1 is 1.28 bits per heavy atom. The van der Waals surface area contributed by atoms with Gasteiger partial charge in [-0.2, -0.15) is 0 Å². The Bertz CT molecular complexity index is 397. The van der Waals surface area contributed by atoms with Crippen LogP contribution in [0.1, 0.15) is 36.0 Å². The van der Waals surface area contributed by atoms with Gasteiger partial charge in [-0.25, -0.2) is 0 Å². The molecule has 0 saturated heterocycles. The van der Waals surface area contributed by atoms with E-state index in [1.165, 1.54) is 0 Å². The molecule has 0 aliphatic heterocycles. The molecule has 0 unspecified atom stereocenters. The predicted molar refractivity (Wildman–Crippen MR) is 73.8 cm³/mol. The summed E-state index contributed by atoms with van der Waals surface area (Å²) in [7, 11) is 0. The maximum absolute atomic E-state index is 11.8. The summed E-state index contributed by atoms with van der Waals surface area (Å²) < 4.78 is 0. The largest absolute Gasteiger partial charge is 0.399 e. The van der Waals surface area contributed by atoms with Gasteiger partial charge in [-0.05, 0) is 31.0 Å². The Labute approximate surface area is 112 Å². The fourth-order valence-electron chi connectivity index (χ4n) is 1.60. The molecular weight excluding hydrogens is 252 g/mol. The third-order valence-corrected chi connectivity index (χ3v) is 2.94. The van der Waals surface area contributed by atoms with Crippen molar-refractivity contribution in [2.75, 3.05) is 18.9 Å². The topological polar surface area (TPSA) is 75.4 Å². The quantitative estimate of drug-likeness (QED) is 0.525. The SMILES string of the molecule is Nc1ccc(Cl)c(C(=O)NCCCCCCO)c1. The summed E-state index contributed by atoms with van der Waals surface area (Å²) in [5.41, 5.74) is 6.54. The minimum absolute atomic E-state index is 0.200. The normalized spacial score (nSPS) is 10.3. The minimum atomic E-state index is -0.200. The molecule has 1 amide bonds. The summed E-state index contributed by atoms with van der Waals surface area (Å²) in [6, 6.07) is 4.85. The lowest BCUT2D eigenvalue weighted by Crippen LogP contribution is -2.24. The van der Waals surface area contributed by atoms with E-state index in [0.717, 1.165) is 25.7 Å². The van der Waals surface area contributed by atoms with Gasteiger partial charge in [0.25, 0.3) is 5.91 Å². The molecule has 1 aromatic carbocycles.